The molecule has 122 valence electrons. The van der Waals surface area contributed by atoms with Crippen molar-refractivity contribution in [2.45, 2.75) is 25.3 Å². The van der Waals surface area contributed by atoms with E-state index in [4.69, 9.17) is 16.6 Å². The average molecular weight is 358 g/mol. The van der Waals surface area contributed by atoms with Crippen LogP contribution in [0.25, 0.3) is 10.2 Å². The second-order valence-electron chi connectivity index (χ2n) is 5.89. The molecule has 0 unspecified atom stereocenters. The number of carbonyl (C=O) groups is 1. The number of hydrogen-bond donors (Lipinski definition) is 0. The molecule has 1 aliphatic heterocycles. The van der Waals surface area contributed by atoms with Gasteiger partial charge in [0, 0.05) is 17.8 Å². The molecule has 0 spiro atoms. The van der Waals surface area contributed by atoms with E-state index in [-0.39, 0.29) is 11.9 Å². The highest BCUT2D eigenvalue weighted by Crippen LogP contribution is 2.36. The number of benzene rings is 1. The third kappa shape index (κ3) is 2.89. The molecule has 24 heavy (non-hydrogen) atoms. The summed E-state index contributed by atoms with van der Waals surface area (Å²) in [5.41, 5.74) is 1.40. The molecule has 0 radical (unpaired) electrons. The van der Waals surface area contributed by atoms with Crippen molar-refractivity contribution in [2.24, 2.45) is 0 Å². The molecule has 0 saturated carbocycles. The van der Waals surface area contributed by atoms with Crippen LogP contribution in [0.3, 0.4) is 0 Å². The molecular weight excluding hydrogens is 342 g/mol. The van der Waals surface area contributed by atoms with Gasteiger partial charge >= 0.3 is 0 Å². The van der Waals surface area contributed by atoms with Crippen LogP contribution in [0.15, 0.2) is 42.6 Å². The fourth-order valence-electron chi connectivity index (χ4n) is 3.13. The summed E-state index contributed by atoms with van der Waals surface area (Å²) in [6.45, 7) is 0.730. The van der Waals surface area contributed by atoms with E-state index in [0.29, 0.717) is 10.7 Å². The van der Waals surface area contributed by atoms with E-state index in [1.165, 1.54) is 0 Å². The Labute approximate surface area is 149 Å². The van der Waals surface area contributed by atoms with Crippen molar-refractivity contribution >= 4 is 39.1 Å². The van der Waals surface area contributed by atoms with Gasteiger partial charge in [0.25, 0.3) is 5.91 Å². The summed E-state index contributed by atoms with van der Waals surface area (Å²) in [6.07, 6.45) is 4.62. The fraction of sp³-hybridized carbons (Fsp3) is 0.278. The van der Waals surface area contributed by atoms with Gasteiger partial charge in [-0.05, 0) is 43.5 Å². The van der Waals surface area contributed by atoms with Gasteiger partial charge in [0.05, 0.1) is 16.3 Å². The molecule has 3 aromatic rings. The lowest BCUT2D eigenvalue weighted by atomic mass is 10.0. The first-order valence-electron chi connectivity index (χ1n) is 8.00. The van der Waals surface area contributed by atoms with Gasteiger partial charge in [0.2, 0.25) is 0 Å². The molecule has 2 aromatic heterocycles. The number of carbonyl (C=O) groups excluding carboxylic acids is 1. The minimum absolute atomic E-state index is 0.0180. The lowest BCUT2D eigenvalue weighted by Gasteiger charge is -2.34. The van der Waals surface area contributed by atoms with Gasteiger partial charge in [-0.25, -0.2) is 4.98 Å². The molecule has 1 atom stereocenters. The standard InChI is InChI=1S/C18H16ClN3OS/c19-12-8-9-20-14(11-12)18(23)22-10-4-3-6-15(22)17-21-13-5-1-2-7-16(13)24-17/h1-2,5,7-9,11,15H,3-4,6,10H2/t15-/m1/s1. The zero-order chi connectivity index (χ0) is 16.5. The first kappa shape index (κ1) is 15.5. The first-order valence-corrected chi connectivity index (χ1v) is 9.20. The van der Waals surface area contributed by atoms with Crippen LogP contribution >= 0.6 is 22.9 Å². The summed E-state index contributed by atoms with van der Waals surface area (Å²) in [5.74, 6) is -0.0681. The molecule has 1 aliphatic rings. The van der Waals surface area contributed by atoms with Crippen LogP contribution in [-0.2, 0) is 0 Å². The lowest BCUT2D eigenvalue weighted by molar-refractivity contribution is 0.0605. The predicted octanol–water partition coefficient (Wildman–Crippen LogP) is 4.71. The Morgan fingerprint density at radius 2 is 2.12 bits per heavy atom. The number of thiazole rings is 1. The third-order valence-corrected chi connectivity index (χ3v) is 5.67. The molecule has 6 heteroatoms. The second kappa shape index (κ2) is 6.49. The Bertz CT molecular complexity index is 862. The van der Waals surface area contributed by atoms with Gasteiger partial charge < -0.3 is 4.90 Å². The fourth-order valence-corrected chi connectivity index (χ4v) is 4.41. The van der Waals surface area contributed by atoms with Gasteiger partial charge in [-0.15, -0.1) is 11.3 Å². The van der Waals surface area contributed by atoms with E-state index in [2.05, 4.69) is 11.1 Å². The van der Waals surface area contributed by atoms with Crippen LogP contribution in [-0.4, -0.2) is 27.3 Å². The van der Waals surface area contributed by atoms with E-state index in [9.17, 15) is 4.79 Å². The quantitative estimate of drug-likeness (QED) is 0.667. The van der Waals surface area contributed by atoms with Crippen molar-refractivity contribution in [1.29, 1.82) is 0 Å². The Balaban J connectivity index is 1.69. The van der Waals surface area contributed by atoms with Gasteiger partial charge in [0.15, 0.2) is 0 Å². The minimum Gasteiger partial charge on any atom is -0.328 e. The van der Waals surface area contributed by atoms with Crippen LogP contribution in [0.5, 0.6) is 0 Å². The van der Waals surface area contributed by atoms with E-state index < -0.39 is 0 Å². The number of aromatic nitrogens is 2. The first-order chi connectivity index (χ1) is 11.7. The molecule has 4 nitrogen and oxygen atoms in total. The minimum atomic E-state index is -0.0681. The number of para-hydroxylation sites is 1. The number of amides is 1. The predicted molar refractivity (Wildman–Crippen MR) is 96.5 cm³/mol. The number of rotatable bonds is 2. The summed E-state index contributed by atoms with van der Waals surface area (Å²) < 4.78 is 1.16. The zero-order valence-corrected chi connectivity index (χ0v) is 14.6. The van der Waals surface area contributed by atoms with E-state index in [0.717, 1.165) is 41.0 Å². The van der Waals surface area contributed by atoms with Crippen molar-refractivity contribution in [3.63, 3.8) is 0 Å². The van der Waals surface area contributed by atoms with Crippen molar-refractivity contribution in [3.8, 4) is 0 Å². The Kier molecular flexibility index (Phi) is 4.21. The van der Waals surface area contributed by atoms with Crippen LogP contribution in [0.4, 0.5) is 0 Å². The van der Waals surface area contributed by atoms with Gasteiger partial charge in [0.1, 0.15) is 10.7 Å². The number of nitrogens with zero attached hydrogens (tertiary/aromatic N) is 3. The molecule has 0 aliphatic carbocycles. The molecular formula is C18H16ClN3OS. The Morgan fingerprint density at radius 3 is 2.96 bits per heavy atom. The van der Waals surface area contributed by atoms with Crippen LogP contribution < -0.4 is 0 Å². The normalized spacial score (nSPS) is 18.0. The molecule has 1 aromatic carbocycles. The average Bonchev–Trinajstić information content (AvgIpc) is 3.05. The summed E-state index contributed by atoms with van der Waals surface area (Å²) in [6, 6.07) is 11.4. The molecule has 0 N–H and O–H groups in total. The summed E-state index contributed by atoms with van der Waals surface area (Å²) in [7, 11) is 0. The summed E-state index contributed by atoms with van der Waals surface area (Å²) >= 11 is 7.69. The van der Waals surface area contributed by atoms with Gasteiger partial charge in [-0.2, -0.15) is 0 Å². The van der Waals surface area contributed by atoms with Crippen molar-refractivity contribution < 1.29 is 4.79 Å². The number of fused-ring (bicyclic) bond motifs is 1. The summed E-state index contributed by atoms with van der Waals surface area (Å²) in [5, 5.41) is 1.54. The zero-order valence-electron chi connectivity index (χ0n) is 13.0. The highest BCUT2D eigenvalue weighted by atomic mass is 35.5. The Hall–Kier alpha value is -1.98. The molecule has 1 fully saturated rings. The third-order valence-electron chi connectivity index (χ3n) is 4.30. The lowest BCUT2D eigenvalue weighted by Crippen LogP contribution is -2.38. The topological polar surface area (TPSA) is 46.1 Å². The van der Waals surface area contributed by atoms with Crippen molar-refractivity contribution in [2.75, 3.05) is 6.54 Å². The second-order valence-corrected chi connectivity index (χ2v) is 7.39. The maximum atomic E-state index is 12.9. The van der Waals surface area contributed by atoms with Crippen LogP contribution in [0.2, 0.25) is 5.02 Å². The molecule has 1 amide bonds. The smallest absolute Gasteiger partial charge is 0.273 e. The van der Waals surface area contributed by atoms with E-state index in [1.807, 2.05) is 23.1 Å². The molecule has 4 rings (SSSR count). The van der Waals surface area contributed by atoms with E-state index in [1.54, 1.807) is 29.7 Å². The van der Waals surface area contributed by atoms with Crippen LogP contribution in [0.1, 0.15) is 40.8 Å². The Morgan fingerprint density at radius 1 is 1.25 bits per heavy atom. The maximum absolute atomic E-state index is 12.9. The summed E-state index contributed by atoms with van der Waals surface area (Å²) in [4.78, 5) is 23.8. The molecule has 3 heterocycles. The van der Waals surface area contributed by atoms with Gasteiger partial charge in [-0.3, -0.25) is 9.78 Å². The van der Waals surface area contributed by atoms with E-state index >= 15 is 0 Å². The SMILES string of the molecule is O=C(c1cc(Cl)ccn1)N1CCCC[C@@H]1c1nc2ccccc2s1. The molecule has 1 saturated heterocycles. The number of piperidine rings is 1. The van der Waals surface area contributed by atoms with Crippen molar-refractivity contribution in [1.82, 2.24) is 14.9 Å². The number of hydrogen-bond acceptors (Lipinski definition) is 4. The maximum Gasteiger partial charge on any atom is 0.273 e. The highest BCUT2D eigenvalue weighted by Gasteiger charge is 2.31. The van der Waals surface area contributed by atoms with Crippen molar-refractivity contribution in [3.05, 3.63) is 58.3 Å². The van der Waals surface area contributed by atoms with Gasteiger partial charge in [-0.1, -0.05) is 23.7 Å². The number of likely N-dealkylation sites (tertiary alicyclic amines) is 1. The largest absolute Gasteiger partial charge is 0.328 e. The monoisotopic (exact) mass is 357 g/mol. The van der Waals surface area contributed by atoms with Crippen LogP contribution in [0, 0.1) is 0 Å². The number of halogens is 1. The molecule has 0 bridgehead atoms. The highest BCUT2D eigenvalue weighted by molar-refractivity contribution is 7.18. The number of pyridine rings is 1.